The minimum Gasteiger partial charge on any atom is -0.292 e. The summed E-state index contributed by atoms with van der Waals surface area (Å²) in [4.78, 5) is 10.1. The van der Waals surface area contributed by atoms with Gasteiger partial charge in [0.2, 0.25) is 0 Å². The number of imidazole rings is 2. The van der Waals surface area contributed by atoms with Crippen LogP contribution in [0, 0.1) is 0 Å². The van der Waals surface area contributed by atoms with E-state index in [0.29, 0.717) is 0 Å². The molecule has 0 aliphatic carbocycles. The van der Waals surface area contributed by atoms with Crippen molar-refractivity contribution >= 4 is 60.2 Å². The summed E-state index contributed by atoms with van der Waals surface area (Å²) in [5.74, 6) is 0.943. The van der Waals surface area contributed by atoms with Crippen molar-refractivity contribution in [3.05, 3.63) is 182 Å². The van der Waals surface area contributed by atoms with Crippen LogP contribution in [0.15, 0.2) is 182 Å². The molecule has 8 aromatic carbocycles. The monoisotopic (exact) mass is 662 g/mol. The molecule has 52 heavy (non-hydrogen) atoms. The number of hydrogen-bond acceptors (Lipinski definition) is 2. The molecule has 11 aromatic rings. The highest BCUT2D eigenvalue weighted by Crippen LogP contribution is 2.36. The number of benzene rings is 8. The maximum absolute atomic E-state index is 5.08. The van der Waals surface area contributed by atoms with Gasteiger partial charge in [-0.25, -0.2) is 9.97 Å². The quantitative estimate of drug-likeness (QED) is 0.176. The topological polar surface area (TPSA) is 35.1 Å². The minimum atomic E-state index is 0.943. The number of hydrogen-bond donors (Lipinski definition) is 0. The SMILES string of the molecule is c1ccc(-n2c(-c3ccc4cc(-c5ccc(-c6ccc7c(c6)c6ccccc6n6c8ccccc8nc76)cc5)ccc4c3)nc3ccccc32)cc1. The van der Waals surface area contributed by atoms with Crippen molar-refractivity contribution < 1.29 is 0 Å². The van der Waals surface area contributed by atoms with E-state index < -0.39 is 0 Å². The van der Waals surface area contributed by atoms with Crippen molar-refractivity contribution in [1.29, 1.82) is 0 Å². The van der Waals surface area contributed by atoms with Gasteiger partial charge in [0, 0.05) is 22.0 Å². The van der Waals surface area contributed by atoms with Crippen molar-refractivity contribution in [2.75, 3.05) is 0 Å². The summed E-state index contributed by atoms with van der Waals surface area (Å²) in [5, 5.41) is 5.99. The molecule has 11 rings (SSSR count). The molecular weight excluding hydrogens is 633 g/mol. The molecule has 4 heteroatoms. The molecule has 0 radical (unpaired) electrons. The average molecular weight is 663 g/mol. The van der Waals surface area contributed by atoms with E-state index in [1.807, 2.05) is 6.07 Å². The van der Waals surface area contributed by atoms with Gasteiger partial charge in [-0.05, 0) is 105 Å². The van der Waals surface area contributed by atoms with Gasteiger partial charge in [-0.15, -0.1) is 0 Å². The predicted octanol–water partition coefficient (Wildman–Crippen LogP) is 12.3. The standard InChI is InChI=1S/C48H30N4/c1-2-10-38(11-3-1)51-45-16-8-5-13-42(45)49-47(51)37-25-24-34-28-33(22-23-35(34)29-37)31-18-20-32(21-19-31)36-26-27-40-41(30-36)39-12-4-7-15-44(39)52-46-17-9-6-14-43(46)50-48(40)52/h1-30H. The second kappa shape index (κ2) is 11.2. The van der Waals surface area contributed by atoms with Crippen LogP contribution in [0.2, 0.25) is 0 Å². The van der Waals surface area contributed by atoms with Crippen LogP contribution < -0.4 is 0 Å². The minimum absolute atomic E-state index is 0.943. The molecule has 0 aliphatic heterocycles. The van der Waals surface area contributed by atoms with Crippen molar-refractivity contribution in [2.24, 2.45) is 0 Å². The first-order chi connectivity index (χ1) is 25.8. The van der Waals surface area contributed by atoms with Gasteiger partial charge in [-0.3, -0.25) is 8.97 Å². The summed E-state index contributed by atoms with van der Waals surface area (Å²) in [6.45, 7) is 0. The van der Waals surface area contributed by atoms with Crippen LogP contribution in [0.3, 0.4) is 0 Å². The van der Waals surface area contributed by atoms with E-state index in [-0.39, 0.29) is 0 Å². The second-order valence-electron chi connectivity index (χ2n) is 13.5. The van der Waals surface area contributed by atoms with Gasteiger partial charge in [0.05, 0.1) is 27.6 Å². The summed E-state index contributed by atoms with van der Waals surface area (Å²) in [6.07, 6.45) is 0. The molecule has 0 spiro atoms. The Morgan fingerprint density at radius 2 is 0.904 bits per heavy atom. The second-order valence-corrected chi connectivity index (χ2v) is 13.5. The Kier molecular flexibility index (Phi) is 6.22. The van der Waals surface area contributed by atoms with E-state index in [0.717, 1.165) is 50.2 Å². The predicted molar refractivity (Wildman–Crippen MR) is 216 cm³/mol. The summed E-state index contributed by atoms with van der Waals surface area (Å²) in [7, 11) is 0. The number of fused-ring (bicyclic) bond motifs is 10. The Labute approximate surface area is 299 Å². The summed E-state index contributed by atoms with van der Waals surface area (Å²) in [6, 6.07) is 65.0. The molecule has 3 heterocycles. The zero-order valence-electron chi connectivity index (χ0n) is 28.1. The van der Waals surface area contributed by atoms with Crippen LogP contribution in [-0.4, -0.2) is 18.9 Å². The Bertz CT molecular complexity index is 3170. The van der Waals surface area contributed by atoms with Crippen molar-refractivity contribution in [3.8, 4) is 39.3 Å². The van der Waals surface area contributed by atoms with Gasteiger partial charge < -0.3 is 0 Å². The lowest BCUT2D eigenvalue weighted by Gasteiger charge is -2.12. The molecule has 0 fully saturated rings. The number of nitrogens with zero attached hydrogens (tertiary/aromatic N) is 4. The van der Waals surface area contributed by atoms with E-state index in [4.69, 9.17) is 9.97 Å². The Hall–Kier alpha value is -7.04. The van der Waals surface area contributed by atoms with E-state index in [2.05, 4.69) is 185 Å². The van der Waals surface area contributed by atoms with Gasteiger partial charge in [0.15, 0.2) is 0 Å². The van der Waals surface area contributed by atoms with Gasteiger partial charge in [-0.1, -0.05) is 115 Å². The highest BCUT2D eigenvalue weighted by atomic mass is 15.1. The molecule has 0 saturated carbocycles. The molecule has 0 unspecified atom stereocenters. The van der Waals surface area contributed by atoms with Crippen molar-refractivity contribution in [1.82, 2.24) is 18.9 Å². The number of aromatic nitrogens is 4. The third kappa shape index (κ3) is 4.41. The Morgan fingerprint density at radius 1 is 0.346 bits per heavy atom. The Morgan fingerprint density at radius 3 is 1.67 bits per heavy atom. The lowest BCUT2D eigenvalue weighted by atomic mass is 9.96. The highest BCUT2D eigenvalue weighted by Gasteiger charge is 2.16. The highest BCUT2D eigenvalue weighted by molar-refractivity contribution is 6.14. The zero-order valence-corrected chi connectivity index (χ0v) is 28.1. The fraction of sp³-hybridized carbons (Fsp3) is 0. The molecule has 0 bridgehead atoms. The zero-order chi connectivity index (χ0) is 34.2. The van der Waals surface area contributed by atoms with Crippen LogP contribution in [0.1, 0.15) is 0 Å². The van der Waals surface area contributed by atoms with Gasteiger partial charge in [-0.2, -0.15) is 0 Å². The fourth-order valence-corrected chi connectivity index (χ4v) is 7.97. The fourth-order valence-electron chi connectivity index (χ4n) is 7.97. The van der Waals surface area contributed by atoms with Gasteiger partial charge in [0.25, 0.3) is 0 Å². The molecule has 0 N–H and O–H groups in total. The first-order valence-electron chi connectivity index (χ1n) is 17.7. The molecular formula is C48H30N4. The smallest absolute Gasteiger partial charge is 0.146 e. The van der Waals surface area contributed by atoms with Gasteiger partial charge in [0.1, 0.15) is 11.5 Å². The summed E-state index contributed by atoms with van der Waals surface area (Å²) < 4.78 is 4.55. The molecule has 0 amide bonds. The maximum atomic E-state index is 5.08. The van der Waals surface area contributed by atoms with Crippen LogP contribution >= 0.6 is 0 Å². The average Bonchev–Trinajstić information content (AvgIpc) is 3.81. The summed E-state index contributed by atoms with van der Waals surface area (Å²) >= 11 is 0. The van der Waals surface area contributed by atoms with Crippen LogP contribution in [0.25, 0.3) is 99.5 Å². The number of para-hydroxylation sites is 6. The largest absolute Gasteiger partial charge is 0.292 e. The molecule has 0 saturated heterocycles. The van der Waals surface area contributed by atoms with E-state index in [1.54, 1.807) is 0 Å². The first-order valence-corrected chi connectivity index (χ1v) is 17.7. The van der Waals surface area contributed by atoms with Crippen LogP contribution in [0.5, 0.6) is 0 Å². The van der Waals surface area contributed by atoms with E-state index in [9.17, 15) is 0 Å². The molecule has 0 atom stereocenters. The Balaban J connectivity index is 0.952. The van der Waals surface area contributed by atoms with Crippen LogP contribution in [0.4, 0.5) is 0 Å². The normalized spacial score (nSPS) is 11.8. The van der Waals surface area contributed by atoms with E-state index in [1.165, 1.54) is 49.3 Å². The molecule has 242 valence electrons. The maximum Gasteiger partial charge on any atom is 0.146 e. The molecule has 0 aliphatic rings. The first kappa shape index (κ1) is 28.8. The van der Waals surface area contributed by atoms with Crippen molar-refractivity contribution in [3.63, 3.8) is 0 Å². The molecule has 3 aromatic heterocycles. The third-order valence-electron chi connectivity index (χ3n) is 10.5. The number of rotatable bonds is 4. The van der Waals surface area contributed by atoms with Crippen molar-refractivity contribution in [2.45, 2.75) is 0 Å². The van der Waals surface area contributed by atoms with Crippen LogP contribution in [-0.2, 0) is 0 Å². The lowest BCUT2D eigenvalue weighted by Crippen LogP contribution is -1.97. The summed E-state index contributed by atoms with van der Waals surface area (Å²) in [5.41, 5.74) is 13.4. The number of pyridine rings is 1. The van der Waals surface area contributed by atoms with Gasteiger partial charge >= 0.3 is 0 Å². The third-order valence-corrected chi connectivity index (χ3v) is 10.5. The molecule has 4 nitrogen and oxygen atoms in total. The van der Waals surface area contributed by atoms with E-state index >= 15 is 0 Å². The lowest BCUT2D eigenvalue weighted by molar-refractivity contribution is 1.10.